The van der Waals surface area contributed by atoms with Crippen LogP contribution in [-0.2, 0) is 5.41 Å². The van der Waals surface area contributed by atoms with Crippen molar-refractivity contribution in [1.29, 1.82) is 0 Å². The molecule has 3 aromatic rings. The first-order chi connectivity index (χ1) is 15.9. The molecule has 6 nitrogen and oxygen atoms in total. The van der Waals surface area contributed by atoms with Crippen molar-refractivity contribution in [3.8, 4) is 12.3 Å². The van der Waals surface area contributed by atoms with Crippen molar-refractivity contribution in [3.05, 3.63) is 76.5 Å². The molecule has 2 unspecified atom stereocenters. The standard InChI is InChI=1S/C25H25FN4O2S/c1-3-25(2,18-6-8-19(26)9-7-18)22-16-33-24(28-22)29-23(32)17-4-10-20(11-5-17)30-13-12-27-14-21(30)15-31/h1,4-11,16,21,27,31H,12-15H2,2H3,(H,28,29,32). The second kappa shape index (κ2) is 9.71. The van der Waals surface area contributed by atoms with E-state index in [0.29, 0.717) is 16.4 Å². The summed E-state index contributed by atoms with van der Waals surface area (Å²) in [7, 11) is 0. The minimum atomic E-state index is -0.846. The minimum Gasteiger partial charge on any atom is -0.394 e. The van der Waals surface area contributed by atoms with Crippen molar-refractivity contribution in [2.24, 2.45) is 0 Å². The Labute approximate surface area is 196 Å². The summed E-state index contributed by atoms with van der Waals surface area (Å²) in [5.74, 6) is 2.15. The Balaban J connectivity index is 1.47. The predicted octanol–water partition coefficient (Wildman–Crippen LogP) is 3.24. The first kappa shape index (κ1) is 22.9. The molecule has 33 heavy (non-hydrogen) atoms. The monoisotopic (exact) mass is 464 g/mol. The van der Waals surface area contributed by atoms with E-state index < -0.39 is 5.41 Å². The van der Waals surface area contributed by atoms with Gasteiger partial charge in [0.05, 0.1) is 23.8 Å². The molecule has 4 rings (SSSR count). The van der Waals surface area contributed by atoms with Gasteiger partial charge in [-0.1, -0.05) is 18.1 Å². The van der Waals surface area contributed by atoms with Crippen LogP contribution in [0, 0.1) is 18.2 Å². The molecule has 1 saturated heterocycles. The van der Waals surface area contributed by atoms with E-state index in [1.165, 1.54) is 23.5 Å². The number of nitrogens with zero attached hydrogens (tertiary/aromatic N) is 2. The molecule has 0 bridgehead atoms. The van der Waals surface area contributed by atoms with Gasteiger partial charge < -0.3 is 15.3 Å². The Morgan fingerprint density at radius 1 is 1.33 bits per heavy atom. The van der Waals surface area contributed by atoms with Gasteiger partial charge in [-0.15, -0.1) is 17.8 Å². The summed E-state index contributed by atoms with van der Waals surface area (Å²) in [4.78, 5) is 19.4. The maximum absolute atomic E-state index is 13.3. The number of piperazine rings is 1. The summed E-state index contributed by atoms with van der Waals surface area (Å²) in [5, 5.41) is 18.0. The predicted molar refractivity (Wildman–Crippen MR) is 129 cm³/mol. The van der Waals surface area contributed by atoms with E-state index >= 15 is 0 Å². The first-order valence-electron chi connectivity index (χ1n) is 10.6. The van der Waals surface area contributed by atoms with E-state index in [1.807, 2.05) is 19.1 Å². The van der Waals surface area contributed by atoms with Gasteiger partial charge in [0, 0.05) is 36.3 Å². The number of aliphatic hydroxyl groups is 1. The third-order valence-electron chi connectivity index (χ3n) is 5.97. The number of nitrogens with one attached hydrogen (secondary N) is 2. The molecule has 1 aliphatic heterocycles. The van der Waals surface area contributed by atoms with Gasteiger partial charge >= 0.3 is 0 Å². The highest BCUT2D eigenvalue weighted by Crippen LogP contribution is 2.33. The molecular weight excluding hydrogens is 439 g/mol. The second-order valence-corrected chi connectivity index (χ2v) is 8.91. The molecule has 2 atom stereocenters. The first-order valence-corrected chi connectivity index (χ1v) is 11.5. The third kappa shape index (κ3) is 4.76. The molecule has 0 saturated carbocycles. The quantitative estimate of drug-likeness (QED) is 0.488. The number of aliphatic hydroxyl groups excluding tert-OH is 1. The van der Waals surface area contributed by atoms with Gasteiger partial charge in [0.2, 0.25) is 0 Å². The fourth-order valence-corrected chi connectivity index (χ4v) is 4.70. The van der Waals surface area contributed by atoms with Crippen LogP contribution in [0.25, 0.3) is 0 Å². The average molecular weight is 465 g/mol. The molecule has 0 radical (unpaired) electrons. The van der Waals surface area contributed by atoms with Gasteiger partial charge in [-0.25, -0.2) is 9.37 Å². The zero-order chi connectivity index (χ0) is 23.4. The molecule has 0 aliphatic carbocycles. The minimum absolute atomic E-state index is 0.0127. The highest BCUT2D eigenvalue weighted by molar-refractivity contribution is 7.14. The van der Waals surface area contributed by atoms with Crippen molar-refractivity contribution in [2.75, 3.05) is 36.5 Å². The van der Waals surface area contributed by atoms with Crippen LogP contribution in [-0.4, -0.2) is 48.3 Å². The molecule has 1 amide bonds. The van der Waals surface area contributed by atoms with Crippen LogP contribution in [0.4, 0.5) is 15.2 Å². The van der Waals surface area contributed by atoms with Gasteiger partial charge in [0.1, 0.15) is 5.82 Å². The lowest BCUT2D eigenvalue weighted by Gasteiger charge is -2.37. The normalized spacial score (nSPS) is 17.8. The summed E-state index contributed by atoms with van der Waals surface area (Å²) in [6.07, 6.45) is 5.82. The van der Waals surface area contributed by atoms with E-state index in [4.69, 9.17) is 6.42 Å². The van der Waals surface area contributed by atoms with Gasteiger partial charge in [-0.3, -0.25) is 10.1 Å². The Kier molecular flexibility index (Phi) is 6.75. The summed E-state index contributed by atoms with van der Waals surface area (Å²) in [6.45, 7) is 4.27. The summed E-state index contributed by atoms with van der Waals surface area (Å²) in [6, 6.07) is 13.3. The molecule has 1 fully saturated rings. The lowest BCUT2D eigenvalue weighted by atomic mass is 9.81. The number of aromatic nitrogens is 1. The summed E-state index contributed by atoms with van der Waals surface area (Å²) >= 11 is 1.29. The fraction of sp³-hybridized carbons (Fsp3) is 0.280. The maximum atomic E-state index is 13.3. The number of carbonyl (C=O) groups excluding carboxylic acids is 1. The van der Waals surface area contributed by atoms with Crippen LogP contribution in [0.3, 0.4) is 0 Å². The Morgan fingerprint density at radius 3 is 2.73 bits per heavy atom. The van der Waals surface area contributed by atoms with Gasteiger partial charge in [0.25, 0.3) is 5.91 Å². The number of carbonyl (C=O) groups is 1. The lowest BCUT2D eigenvalue weighted by molar-refractivity contribution is 0.102. The average Bonchev–Trinajstić information content (AvgIpc) is 3.33. The molecule has 0 spiro atoms. The molecule has 1 aromatic heterocycles. The van der Waals surface area contributed by atoms with Crippen LogP contribution in [0.1, 0.15) is 28.5 Å². The third-order valence-corrected chi connectivity index (χ3v) is 6.73. The number of anilines is 2. The molecular formula is C25H25FN4O2S. The van der Waals surface area contributed by atoms with Gasteiger partial charge in [-0.05, 0) is 48.9 Å². The number of halogens is 1. The van der Waals surface area contributed by atoms with E-state index in [1.54, 1.807) is 29.6 Å². The van der Waals surface area contributed by atoms with Crippen LogP contribution in [0.2, 0.25) is 0 Å². The number of hydrogen-bond acceptors (Lipinski definition) is 6. The number of benzene rings is 2. The van der Waals surface area contributed by atoms with E-state index in [9.17, 15) is 14.3 Å². The van der Waals surface area contributed by atoms with Crippen LogP contribution >= 0.6 is 11.3 Å². The van der Waals surface area contributed by atoms with Crippen LogP contribution in [0.5, 0.6) is 0 Å². The Hall–Kier alpha value is -3.25. The largest absolute Gasteiger partial charge is 0.394 e. The van der Waals surface area contributed by atoms with Crippen molar-refractivity contribution in [3.63, 3.8) is 0 Å². The zero-order valence-corrected chi connectivity index (χ0v) is 19.0. The molecule has 170 valence electrons. The maximum Gasteiger partial charge on any atom is 0.257 e. The van der Waals surface area contributed by atoms with Crippen molar-refractivity contribution >= 4 is 28.1 Å². The molecule has 8 heteroatoms. The second-order valence-electron chi connectivity index (χ2n) is 8.05. The molecule has 2 heterocycles. The van der Waals surface area contributed by atoms with E-state index in [-0.39, 0.29) is 24.4 Å². The van der Waals surface area contributed by atoms with E-state index in [2.05, 4.69) is 26.4 Å². The van der Waals surface area contributed by atoms with Crippen molar-refractivity contribution in [1.82, 2.24) is 10.3 Å². The number of hydrogen-bond donors (Lipinski definition) is 3. The number of thiazole rings is 1. The van der Waals surface area contributed by atoms with Gasteiger partial charge in [-0.2, -0.15) is 0 Å². The van der Waals surface area contributed by atoms with Crippen LogP contribution < -0.4 is 15.5 Å². The fourth-order valence-electron chi connectivity index (χ4n) is 3.89. The summed E-state index contributed by atoms with van der Waals surface area (Å²) in [5.41, 5.74) is 1.99. The number of rotatable bonds is 6. The summed E-state index contributed by atoms with van der Waals surface area (Å²) < 4.78 is 13.3. The molecule has 2 aromatic carbocycles. The molecule has 1 aliphatic rings. The van der Waals surface area contributed by atoms with Crippen molar-refractivity contribution < 1.29 is 14.3 Å². The highest BCUT2D eigenvalue weighted by atomic mass is 32.1. The number of amides is 1. The zero-order valence-electron chi connectivity index (χ0n) is 18.2. The Bertz CT molecular complexity index is 1160. The SMILES string of the molecule is C#CC(C)(c1ccc(F)cc1)c1csc(NC(=O)c2ccc(N3CCNCC3CO)cc2)n1. The van der Waals surface area contributed by atoms with E-state index in [0.717, 1.165) is 30.9 Å². The Morgan fingerprint density at radius 2 is 2.06 bits per heavy atom. The smallest absolute Gasteiger partial charge is 0.257 e. The van der Waals surface area contributed by atoms with Gasteiger partial charge in [0.15, 0.2) is 5.13 Å². The lowest BCUT2D eigenvalue weighted by Crippen LogP contribution is -2.53. The molecule has 3 N–H and O–H groups in total. The van der Waals surface area contributed by atoms with Crippen LogP contribution in [0.15, 0.2) is 53.9 Å². The highest BCUT2D eigenvalue weighted by Gasteiger charge is 2.30. The number of terminal acetylenes is 1. The van der Waals surface area contributed by atoms with Crippen molar-refractivity contribution in [2.45, 2.75) is 18.4 Å². The topological polar surface area (TPSA) is 77.5 Å².